The quantitative estimate of drug-likeness (QED) is 0.0243. The van der Waals surface area contributed by atoms with Gasteiger partial charge in [0.25, 0.3) is 0 Å². The zero-order valence-corrected chi connectivity index (χ0v) is 48.3. The Kier molecular flexibility index (Phi) is 51.3. The second-order valence-electron chi connectivity index (χ2n) is 21.0. The molecule has 0 saturated carbocycles. The first-order valence-electron chi connectivity index (χ1n) is 29.6. The van der Waals surface area contributed by atoms with Gasteiger partial charge in [-0.15, -0.1) is 0 Å². The van der Waals surface area contributed by atoms with E-state index >= 15 is 0 Å². The van der Waals surface area contributed by atoms with Crippen molar-refractivity contribution in [1.29, 1.82) is 0 Å². The van der Waals surface area contributed by atoms with Crippen molar-refractivity contribution in [3.05, 3.63) is 97.2 Å². The van der Waals surface area contributed by atoms with Gasteiger partial charge in [-0.2, -0.15) is 0 Å². The SMILES string of the molecule is CC/C=C\C/C=C\C/C=C\C/C=C\C/C=C\C/C=C\CCCCCCCCCCCCCCCCCCCCCCC(=O)NC(COP(=O)(O)OCC[N+](C)(C)C)C(O)/C=C/CC/C=C/CCCCCCC. The first kappa shape index (κ1) is 69.4. The molecule has 0 saturated heterocycles. The Morgan fingerprint density at radius 2 is 0.847 bits per heavy atom. The molecule has 0 fully saturated rings. The Morgan fingerprint density at radius 1 is 0.486 bits per heavy atom. The third-order valence-corrected chi connectivity index (χ3v) is 13.8. The van der Waals surface area contributed by atoms with Crippen LogP contribution in [0.1, 0.15) is 245 Å². The molecule has 72 heavy (non-hydrogen) atoms. The van der Waals surface area contributed by atoms with Gasteiger partial charge in [0.1, 0.15) is 13.2 Å². The average molecular weight is 1030 g/mol. The van der Waals surface area contributed by atoms with Crippen LogP contribution < -0.4 is 5.32 Å². The van der Waals surface area contributed by atoms with Gasteiger partial charge in [0.15, 0.2) is 0 Å². The number of carbonyl (C=O) groups is 1. The van der Waals surface area contributed by atoms with Gasteiger partial charge in [0.05, 0.1) is 39.9 Å². The highest BCUT2D eigenvalue weighted by molar-refractivity contribution is 7.47. The van der Waals surface area contributed by atoms with E-state index in [0.29, 0.717) is 17.4 Å². The summed E-state index contributed by atoms with van der Waals surface area (Å²) in [6.07, 6.45) is 76.8. The number of phosphoric acid groups is 1. The van der Waals surface area contributed by atoms with Gasteiger partial charge >= 0.3 is 7.82 Å². The van der Waals surface area contributed by atoms with E-state index in [1.807, 2.05) is 27.2 Å². The molecule has 0 bridgehead atoms. The average Bonchev–Trinajstić information content (AvgIpc) is 3.34. The van der Waals surface area contributed by atoms with Crippen LogP contribution in [0.5, 0.6) is 0 Å². The van der Waals surface area contributed by atoms with Crippen molar-refractivity contribution >= 4 is 13.7 Å². The van der Waals surface area contributed by atoms with Crippen molar-refractivity contribution in [2.45, 2.75) is 257 Å². The molecule has 9 heteroatoms. The smallest absolute Gasteiger partial charge is 0.387 e. The molecule has 0 aromatic heterocycles. The van der Waals surface area contributed by atoms with Crippen LogP contribution in [0.4, 0.5) is 0 Å². The number of carbonyl (C=O) groups excluding carboxylic acids is 1. The van der Waals surface area contributed by atoms with E-state index in [9.17, 15) is 19.4 Å². The summed E-state index contributed by atoms with van der Waals surface area (Å²) in [5, 5.41) is 13.8. The standard InChI is InChI=1S/C63H113N2O6P/c1-6-8-10-12-14-16-18-19-20-21-22-23-24-25-26-27-28-29-30-31-32-33-34-35-36-37-38-39-40-41-42-43-44-45-47-49-51-53-55-57-63(67)64-61(60-71-72(68,69)70-59-58-65(3,4)5)62(66)56-54-52-50-48-46-17-15-13-11-9-7-2/h8,10,14,16,19-20,22-23,25-26,28-29,46,48,54,56,61-62,66H,6-7,9,11-13,15,17-18,21,24,27,30-45,47,49-53,55,57-60H2,1-5H3,(H-,64,67,68,69)/p+1/b10-8-,16-14-,20-19-,23-22-,26-25-,29-28-,48-46+,56-54+. The summed E-state index contributed by atoms with van der Waals surface area (Å²) >= 11 is 0. The number of unbranched alkanes of at least 4 members (excludes halogenated alkanes) is 26. The van der Waals surface area contributed by atoms with Crippen LogP contribution in [0.3, 0.4) is 0 Å². The Labute approximate surface area is 445 Å². The maximum Gasteiger partial charge on any atom is 0.472 e. The van der Waals surface area contributed by atoms with E-state index in [1.54, 1.807) is 6.08 Å². The van der Waals surface area contributed by atoms with Crippen molar-refractivity contribution in [2.75, 3.05) is 40.9 Å². The summed E-state index contributed by atoms with van der Waals surface area (Å²) in [7, 11) is 1.55. The fourth-order valence-corrected chi connectivity index (χ4v) is 8.92. The second-order valence-corrected chi connectivity index (χ2v) is 22.4. The number of phosphoric ester groups is 1. The maximum absolute atomic E-state index is 12.9. The lowest BCUT2D eigenvalue weighted by Crippen LogP contribution is -2.45. The third-order valence-electron chi connectivity index (χ3n) is 12.8. The summed E-state index contributed by atoms with van der Waals surface area (Å²) in [5.41, 5.74) is 0. The van der Waals surface area contributed by atoms with Crippen molar-refractivity contribution in [3.8, 4) is 0 Å². The summed E-state index contributed by atoms with van der Waals surface area (Å²) < 4.78 is 23.6. The molecule has 0 heterocycles. The molecule has 0 rings (SSSR count). The molecular formula is C63H114N2O6P+. The number of quaternary nitrogens is 1. The van der Waals surface area contributed by atoms with E-state index < -0.39 is 20.0 Å². The summed E-state index contributed by atoms with van der Waals surface area (Å²) in [5.74, 6) is -0.189. The molecule has 0 radical (unpaired) electrons. The van der Waals surface area contributed by atoms with E-state index in [0.717, 1.165) is 77.0 Å². The largest absolute Gasteiger partial charge is 0.472 e. The highest BCUT2D eigenvalue weighted by atomic mass is 31.2. The summed E-state index contributed by atoms with van der Waals surface area (Å²) in [6, 6.07) is -0.864. The van der Waals surface area contributed by atoms with Gasteiger partial charge in [-0.1, -0.05) is 252 Å². The fraction of sp³-hybridized carbons (Fsp3) is 0.730. The molecule has 8 nitrogen and oxygen atoms in total. The van der Waals surface area contributed by atoms with Crippen LogP contribution in [0.2, 0.25) is 0 Å². The van der Waals surface area contributed by atoms with Crippen LogP contribution in [0.25, 0.3) is 0 Å². The highest BCUT2D eigenvalue weighted by Gasteiger charge is 2.27. The zero-order valence-electron chi connectivity index (χ0n) is 47.4. The minimum atomic E-state index is -4.35. The minimum Gasteiger partial charge on any atom is -0.387 e. The zero-order chi connectivity index (χ0) is 52.7. The number of likely N-dealkylation sites (N-methyl/N-ethyl adjacent to an activating group) is 1. The normalized spacial score (nSPS) is 14.6. The third kappa shape index (κ3) is 55.2. The van der Waals surface area contributed by atoms with Crippen LogP contribution in [-0.4, -0.2) is 73.4 Å². The highest BCUT2D eigenvalue weighted by Crippen LogP contribution is 2.43. The minimum absolute atomic E-state index is 0.0542. The summed E-state index contributed by atoms with van der Waals surface area (Å²) in [6.45, 7) is 4.65. The van der Waals surface area contributed by atoms with Crippen LogP contribution in [0.15, 0.2) is 97.2 Å². The van der Waals surface area contributed by atoms with Gasteiger partial charge in [0, 0.05) is 6.42 Å². The topological polar surface area (TPSA) is 105 Å². The molecule has 0 aliphatic rings. The van der Waals surface area contributed by atoms with Crippen LogP contribution in [0, 0.1) is 0 Å². The molecule has 3 unspecified atom stereocenters. The second kappa shape index (κ2) is 53.3. The molecule has 0 aliphatic heterocycles. The number of rotatable bonds is 53. The number of amides is 1. The van der Waals surface area contributed by atoms with Crippen LogP contribution >= 0.6 is 7.82 Å². The molecule has 3 N–H and O–H groups in total. The molecule has 416 valence electrons. The Hall–Kier alpha value is -2.58. The number of aliphatic hydroxyl groups excluding tert-OH is 1. The van der Waals surface area contributed by atoms with Gasteiger partial charge in [-0.05, 0) is 83.5 Å². The number of hydrogen-bond donors (Lipinski definition) is 3. The molecular weight excluding hydrogens is 912 g/mol. The van der Waals surface area contributed by atoms with Crippen molar-refractivity contribution < 1.29 is 32.9 Å². The van der Waals surface area contributed by atoms with Crippen LogP contribution in [-0.2, 0) is 18.4 Å². The van der Waals surface area contributed by atoms with E-state index in [-0.39, 0.29) is 19.1 Å². The summed E-state index contributed by atoms with van der Waals surface area (Å²) in [4.78, 5) is 23.2. The number of hydrogen-bond acceptors (Lipinski definition) is 5. The van der Waals surface area contributed by atoms with Gasteiger partial charge in [-0.25, -0.2) is 4.57 Å². The number of nitrogens with one attached hydrogen (secondary N) is 1. The lowest BCUT2D eigenvalue weighted by atomic mass is 10.0. The first-order valence-corrected chi connectivity index (χ1v) is 31.1. The number of aliphatic hydroxyl groups is 1. The Balaban J connectivity index is 3.93. The van der Waals surface area contributed by atoms with Crippen molar-refractivity contribution in [1.82, 2.24) is 5.32 Å². The molecule has 0 aromatic rings. The number of allylic oxidation sites excluding steroid dienone is 15. The monoisotopic (exact) mass is 1030 g/mol. The number of nitrogens with zero attached hydrogens (tertiary/aromatic N) is 1. The Bertz CT molecular complexity index is 1490. The van der Waals surface area contributed by atoms with Gasteiger partial charge < -0.3 is 19.8 Å². The predicted molar refractivity (Wildman–Crippen MR) is 313 cm³/mol. The van der Waals surface area contributed by atoms with E-state index in [1.165, 1.54) is 148 Å². The van der Waals surface area contributed by atoms with Crippen molar-refractivity contribution in [2.24, 2.45) is 0 Å². The lowest BCUT2D eigenvalue weighted by Gasteiger charge is -2.25. The van der Waals surface area contributed by atoms with E-state index in [2.05, 4.69) is 104 Å². The van der Waals surface area contributed by atoms with E-state index in [4.69, 9.17) is 9.05 Å². The fourth-order valence-electron chi connectivity index (χ4n) is 8.18. The lowest BCUT2D eigenvalue weighted by molar-refractivity contribution is -0.870. The Morgan fingerprint density at radius 3 is 1.28 bits per heavy atom. The predicted octanol–water partition coefficient (Wildman–Crippen LogP) is 18.2. The molecule has 0 spiro atoms. The molecule has 0 aliphatic carbocycles. The van der Waals surface area contributed by atoms with Crippen molar-refractivity contribution in [3.63, 3.8) is 0 Å². The molecule has 0 aromatic carbocycles. The molecule has 1 amide bonds. The van der Waals surface area contributed by atoms with Gasteiger partial charge in [0.2, 0.25) is 5.91 Å². The molecule has 3 atom stereocenters. The van der Waals surface area contributed by atoms with Gasteiger partial charge in [-0.3, -0.25) is 13.8 Å². The first-order chi connectivity index (χ1) is 35.0. The maximum atomic E-state index is 12.9.